The Morgan fingerprint density at radius 3 is 2.50 bits per heavy atom. The second-order valence-corrected chi connectivity index (χ2v) is 3.19. The van der Waals surface area contributed by atoms with E-state index in [-0.39, 0.29) is 0 Å². The van der Waals surface area contributed by atoms with Crippen LogP contribution in [-0.4, -0.2) is 20.2 Å². The fourth-order valence-corrected chi connectivity index (χ4v) is 1.61. The Morgan fingerprint density at radius 1 is 1.21 bits per heavy atom. The molecule has 1 aromatic rings. The van der Waals surface area contributed by atoms with Gasteiger partial charge in [-0.15, -0.1) is 0 Å². The summed E-state index contributed by atoms with van der Waals surface area (Å²) in [5, 5.41) is 6.40. The van der Waals surface area contributed by atoms with E-state index < -0.39 is 0 Å². The van der Waals surface area contributed by atoms with Gasteiger partial charge in [-0.2, -0.15) is 0 Å². The monoisotopic (exact) mass is 194 g/mol. The molecule has 0 bridgehead atoms. The molecule has 0 saturated heterocycles. The van der Waals surface area contributed by atoms with Crippen molar-refractivity contribution in [3.63, 3.8) is 0 Å². The lowest BCUT2D eigenvalue weighted by atomic mass is 10.1. The van der Waals surface area contributed by atoms with Crippen molar-refractivity contribution in [2.24, 2.45) is 0 Å². The summed E-state index contributed by atoms with van der Waals surface area (Å²) in [4.78, 5) is 0. The minimum Gasteiger partial charge on any atom is -0.494 e. The molecule has 5 heteroatoms. The van der Waals surface area contributed by atoms with Gasteiger partial charge in [-0.25, -0.2) is 0 Å². The van der Waals surface area contributed by atoms with Gasteiger partial charge in [-0.3, -0.25) is 0 Å². The van der Waals surface area contributed by atoms with E-state index in [0.29, 0.717) is 17.1 Å². The number of benzene rings is 1. The second kappa shape index (κ2) is 3.17. The van der Waals surface area contributed by atoms with Crippen LogP contribution in [0.5, 0.6) is 5.75 Å². The molecule has 0 spiro atoms. The smallest absolute Gasteiger partial charge is 0.146 e. The van der Waals surface area contributed by atoms with Crippen molar-refractivity contribution in [1.82, 2.24) is 0 Å². The van der Waals surface area contributed by atoms with E-state index in [1.807, 2.05) is 0 Å². The molecule has 0 unspecified atom stereocenters. The lowest BCUT2D eigenvalue weighted by molar-refractivity contribution is 0.417. The third kappa shape index (κ3) is 1.17. The van der Waals surface area contributed by atoms with Gasteiger partial charge in [0.25, 0.3) is 0 Å². The summed E-state index contributed by atoms with van der Waals surface area (Å²) in [7, 11) is 1.58. The predicted octanol–water partition coefficient (Wildman–Crippen LogP) is 0.697. The predicted molar refractivity (Wildman–Crippen MR) is 58.8 cm³/mol. The zero-order valence-corrected chi connectivity index (χ0v) is 8.05. The van der Waals surface area contributed by atoms with Crippen LogP contribution in [0.25, 0.3) is 0 Å². The number of nitrogens with one attached hydrogen (secondary N) is 2. The van der Waals surface area contributed by atoms with Gasteiger partial charge in [0, 0.05) is 19.2 Å². The topological polar surface area (TPSA) is 85.3 Å². The first-order chi connectivity index (χ1) is 6.74. The Hall–Kier alpha value is -1.78. The molecule has 0 saturated carbocycles. The van der Waals surface area contributed by atoms with Crippen molar-refractivity contribution in [2.45, 2.75) is 0 Å². The number of anilines is 4. The Morgan fingerprint density at radius 2 is 1.86 bits per heavy atom. The number of hydrogen-bond acceptors (Lipinski definition) is 5. The highest BCUT2D eigenvalue weighted by molar-refractivity contribution is 5.93. The van der Waals surface area contributed by atoms with Crippen molar-refractivity contribution in [1.29, 1.82) is 0 Å². The number of fused-ring (bicyclic) bond motifs is 1. The Labute approximate surface area is 82.4 Å². The molecule has 1 aliphatic rings. The Kier molecular flexibility index (Phi) is 1.99. The summed E-state index contributed by atoms with van der Waals surface area (Å²) in [5.74, 6) is 0.609. The maximum atomic E-state index is 5.90. The first-order valence-electron chi connectivity index (χ1n) is 4.47. The summed E-state index contributed by atoms with van der Waals surface area (Å²) in [5.41, 5.74) is 14.7. The molecule has 0 aromatic heterocycles. The quantitative estimate of drug-likeness (QED) is 0.494. The summed E-state index contributed by atoms with van der Waals surface area (Å²) >= 11 is 0. The molecule has 1 aliphatic heterocycles. The fraction of sp³-hybridized carbons (Fsp3) is 0.333. The molecule has 0 atom stereocenters. The van der Waals surface area contributed by atoms with Crippen molar-refractivity contribution < 1.29 is 4.74 Å². The molecule has 1 aromatic carbocycles. The van der Waals surface area contributed by atoms with E-state index in [1.54, 1.807) is 13.2 Å². The van der Waals surface area contributed by atoms with Gasteiger partial charge in [0.2, 0.25) is 0 Å². The lowest BCUT2D eigenvalue weighted by Crippen LogP contribution is -2.22. The van der Waals surface area contributed by atoms with Gasteiger partial charge in [0.15, 0.2) is 0 Å². The molecule has 2 rings (SSSR count). The van der Waals surface area contributed by atoms with Crippen LogP contribution in [0.15, 0.2) is 6.07 Å². The molecule has 76 valence electrons. The molecular weight excluding hydrogens is 180 g/mol. The normalized spacial score (nSPS) is 13.8. The number of nitrogen functional groups attached to an aromatic ring is 2. The SMILES string of the molecule is COc1cc(N)c2c(c1N)NCCN2. The number of nitrogens with two attached hydrogens (primary N) is 2. The van der Waals surface area contributed by atoms with Gasteiger partial charge in [-0.1, -0.05) is 0 Å². The molecule has 6 N–H and O–H groups in total. The van der Waals surface area contributed by atoms with Crippen molar-refractivity contribution >= 4 is 22.7 Å². The Balaban J connectivity index is 2.58. The van der Waals surface area contributed by atoms with Crippen LogP contribution in [-0.2, 0) is 0 Å². The molecule has 0 aliphatic carbocycles. The van der Waals surface area contributed by atoms with E-state index in [2.05, 4.69) is 10.6 Å². The molecular formula is C9H14N4O. The highest BCUT2D eigenvalue weighted by atomic mass is 16.5. The molecule has 5 nitrogen and oxygen atoms in total. The summed E-state index contributed by atoms with van der Waals surface area (Å²) in [6.07, 6.45) is 0. The van der Waals surface area contributed by atoms with Crippen LogP contribution < -0.4 is 26.8 Å². The summed E-state index contributed by atoms with van der Waals surface area (Å²) < 4.78 is 5.12. The van der Waals surface area contributed by atoms with Crippen LogP contribution in [0.4, 0.5) is 22.7 Å². The summed E-state index contributed by atoms with van der Waals surface area (Å²) in [6.45, 7) is 1.69. The van der Waals surface area contributed by atoms with Gasteiger partial charge in [-0.05, 0) is 0 Å². The van der Waals surface area contributed by atoms with E-state index in [9.17, 15) is 0 Å². The van der Waals surface area contributed by atoms with E-state index in [1.165, 1.54) is 0 Å². The minimum atomic E-state index is 0.601. The number of hydrogen-bond donors (Lipinski definition) is 4. The molecule has 14 heavy (non-hydrogen) atoms. The number of methoxy groups -OCH3 is 1. The lowest BCUT2D eigenvalue weighted by Gasteiger charge is -2.24. The third-order valence-corrected chi connectivity index (χ3v) is 2.31. The van der Waals surface area contributed by atoms with Crippen LogP contribution in [0.3, 0.4) is 0 Å². The van der Waals surface area contributed by atoms with Crippen LogP contribution >= 0.6 is 0 Å². The van der Waals surface area contributed by atoms with Gasteiger partial charge < -0.3 is 26.8 Å². The fourth-order valence-electron chi connectivity index (χ4n) is 1.61. The summed E-state index contributed by atoms with van der Waals surface area (Å²) in [6, 6.07) is 1.73. The maximum Gasteiger partial charge on any atom is 0.146 e. The molecule has 1 heterocycles. The minimum absolute atomic E-state index is 0.601. The van der Waals surface area contributed by atoms with Crippen molar-refractivity contribution in [3.8, 4) is 5.75 Å². The number of rotatable bonds is 1. The van der Waals surface area contributed by atoms with Crippen LogP contribution in [0.1, 0.15) is 0 Å². The maximum absolute atomic E-state index is 5.90. The van der Waals surface area contributed by atoms with Gasteiger partial charge in [0.05, 0.1) is 29.9 Å². The molecule has 0 amide bonds. The zero-order valence-electron chi connectivity index (χ0n) is 8.05. The first-order valence-corrected chi connectivity index (χ1v) is 4.47. The highest BCUT2D eigenvalue weighted by Crippen LogP contribution is 2.41. The first kappa shape index (κ1) is 8.80. The largest absolute Gasteiger partial charge is 0.494 e. The molecule has 0 radical (unpaired) electrons. The average Bonchev–Trinajstić information content (AvgIpc) is 2.23. The van der Waals surface area contributed by atoms with Crippen molar-refractivity contribution in [2.75, 3.05) is 42.3 Å². The standard InChI is InChI=1S/C9H14N4O/c1-14-6-4-5(10)8-9(7(6)11)13-3-2-12-8/h4,12-13H,2-3,10-11H2,1H3. The van der Waals surface area contributed by atoms with E-state index in [0.717, 1.165) is 24.5 Å². The van der Waals surface area contributed by atoms with Crippen molar-refractivity contribution in [3.05, 3.63) is 6.07 Å². The van der Waals surface area contributed by atoms with Gasteiger partial charge >= 0.3 is 0 Å². The van der Waals surface area contributed by atoms with E-state index >= 15 is 0 Å². The number of ether oxygens (including phenoxy) is 1. The zero-order chi connectivity index (χ0) is 10.1. The highest BCUT2D eigenvalue weighted by Gasteiger charge is 2.17. The van der Waals surface area contributed by atoms with E-state index in [4.69, 9.17) is 16.2 Å². The Bertz CT molecular complexity index is 364. The van der Waals surface area contributed by atoms with Crippen LogP contribution in [0, 0.1) is 0 Å². The second-order valence-electron chi connectivity index (χ2n) is 3.19. The van der Waals surface area contributed by atoms with Crippen LogP contribution in [0.2, 0.25) is 0 Å². The average molecular weight is 194 g/mol. The van der Waals surface area contributed by atoms with Gasteiger partial charge in [0.1, 0.15) is 5.75 Å². The molecule has 0 fully saturated rings. The third-order valence-electron chi connectivity index (χ3n) is 2.31.